The highest BCUT2D eigenvalue weighted by Crippen LogP contribution is 2.34. The van der Waals surface area contributed by atoms with E-state index >= 15 is 0 Å². The van der Waals surface area contributed by atoms with Crippen molar-refractivity contribution < 1.29 is 0 Å². The summed E-state index contributed by atoms with van der Waals surface area (Å²) in [5.74, 6) is 0. The fourth-order valence-corrected chi connectivity index (χ4v) is 3.42. The third-order valence-corrected chi connectivity index (χ3v) is 4.77. The Morgan fingerprint density at radius 2 is 1.80 bits per heavy atom. The van der Waals surface area contributed by atoms with Crippen molar-refractivity contribution in [1.29, 1.82) is 0 Å². The lowest BCUT2D eigenvalue weighted by molar-refractivity contribution is 1.13. The van der Waals surface area contributed by atoms with Crippen LogP contribution in [0.1, 0.15) is 16.5 Å². The molecule has 102 valence electrons. The van der Waals surface area contributed by atoms with Gasteiger partial charge < -0.3 is 9.97 Å². The van der Waals surface area contributed by atoms with Gasteiger partial charge in [-0.25, -0.2) is 4.79 Å². The number of alkyl halides is 1. The van der Waals surface area contributed by atoms with Gasteiger partial charge in [0.2, 0.25) is 0 Å². The number of H-pyrrole nitrogens is 2. The van der Waals surface area contributed by atoms with Gasteiger partial charge in [0.15, 0.2) is 0 Å². The largest absolute Gasteiger partial charge is 0.323 e. The summed E-state index contributed by atoms with van der Waals surface area (Å²) in [6, 6.07) is 11.3. The van der Waals surface area contributed by atoms with Crippen LogP contribution in [0.5, 0.6) is 0 Å². The van der Waals surface area contributed by atoms with Gasteiger partial charge in [-0.3, -0.25) is 0 Å². The number of aromatic nitrogens is 2. The maximum atomic E-state index is 11.3. The van der Waals surface area contributed by atoms with Crippen molar-refractivity contribution in [3.63, 3.8) is 0 Å². The van der Waals surface area contributed by atoms with E-state index in [4.69, 9.17) is 23.2 Å². The van der Waals surface area contributed by atoms with Gasteiger partial charge in [-0.05, 0) is 64.0 Å². The monoisotopic (exact) mass is 418 g/mol. The highest BCUT2D eigenvalue weighted by Gasteiger charge is 2.15. The molecule has 2 N–H and O–H groups in total. The summed E-state index contributed by atoms with van der Waals surface area (Å²) in [5.41, 5.74) is 3.16. The van der Waals surface area contributed by atoms with E-state index in [9.17, 15) is 4.79 Å². The maximum Gasteiger partial charge on any atom is 0.323 e. The lowest BCUT2D eigenvalue weighted by atomic mass is 10.0. The molecule has 0 saturated carbocycles. The minimum Gasteiger partial charge on any atom is -0.306 e. The van der Waals surface area contributed by atoms with Crippen LogP contribution in [0.25, 0.3) is 11.0 Å². The molecule has 20 heavy (non-hydrogen) atoms. The molecule has 0 aliphatic carbocycles. The predicted molar refractivity (Wildman–Crippen MR) is 90.8 cm³/mol. The smallest absolute Gasteiger partial charge is 0.306 e. The van der Waals surface area contributed by atoms with Crippen molar-refractivity contribution >= 4 is 56.8 Å². The molecule has 1 atom stereocenters. The summed E-state index contributed by atoms with van der Waals surface area (Å²) in [5, 5.41) is 0.339. The van der Waals surface area contributed by atoms with E-state index in [-0.39, 0.29) is 11.1 Å². The summed E-state index contributed by atoms with van der Waals surface area (Å²) >= 11 is 14.8. The second-order valence-electron chi connectivity index (χ2n) is 4.41. The summed E-state index contributed by atoms with van der Waals surface area (Å²) in [4.78, 5) is 16.7. The molecule has 1 heterocycles. The number of hydrogen-bond donors (Lipinski definition) is 2. The molecule has 3 aromatic rings. The molecule has 0 radical (unpaired) electrons. The van der Waals surface area contributed by atoms with Gasteiger partial charge in [-0.1, -0.05) is 17.7 Å². The standard InChI is InChI=1S/C14H9Cl2IN2O/c15-8-2-3-10(17)9(6-8)13(16)7-1-4-11-12(5-7)19-14(20)18-11/h1-6,13H,(H2,18,19,20). The number of halogens is 3. The number of aromatic amines is 2. The Morgan fingerprint density at radius 1 is 1.05 bits per heavy atom. The van der Waals surface area contributed by atoms with Crippen LogP contribution in [-0.4, -0.2) is 9.97 Å². The molecule has 0 aliphatic heterocycles. The fraction of sp³-hybridized carbons (Fsp3) is 0.0714. The maximum absolute atomic E-state index is 11.3. The van der Waals surface area contributed by atoms with Gasteiger partial charge in [0.25, 0.3) is 0 Å². The van der Waals surface area contributed by atoms with Crippen LogP contribution >= 0.6 is 45.8 Å². The van der Waals surface area contributed by atoms with E-state index < -0.39 is 0 Å². The third-order valence-electron chi connectivity index (χ3n) is 3.06. The molecule has 0 amide bonds. The minimum absolute atomic E-state index is 0.222. The second kappa shape index (κ2) is 5.42. The first-order valence-corrected chi connectivity index (χ1v) is 7.75. The molecule has 0 spiro atoms. The van der Waals surface area contributed by atoms with Gasteiger partial charge in [-0.2, -0.15) is 0 Å². The van der Waals surface area contributed by atoms with Crippen LogP contribution in [0.3, 0.4) is 0 Å². The highest BCUT2D eigenvalue weighted by atomic mass is 127. The molecular weight excluding hydrogens is 410 g/mol. The quantitative estimate of drug-likeness (QED) is 0.469. The van der Waals surface area contributed by atoms with Crippen molar-refractivity contribution in [2.75, 3.05) is 0 Å². The number of nitrogens with one attached hydrogen (secondary N) is 2. The van der Waals surface area contributed by atoms with Crippen LogP contribution < -0.4 is 5.69 Å². The Bertz CT molecular complexity index is 841. The molecule has 0 saturated heterocycles. The summed E-state index contributed by atoms with van der Waals surface area (Å²) < 4.78 is 1.05. The van der Waals surface area contributed by atoms with Crippen molar-refractivity contribution in [2.24, 2.45) is 0 Å². The van der Waals surface area contributed by atoms with Gasteiger partial charge in [0, 0.05) is 8.59 Å². The van der Waals surface area contributed by atoms with Crippen LogP contribution in [0, 0.1) is 3.57 Å². The van der Waals surface area contributed by atoms with Crippen molar-refractivity contribution in [3.8, 4) is 0 Å². The summed E-state index contributed by atoms with van der Waals surface area (Å²) in [6.45, 7) is 0. The van der Waals surface area contributed by atoms with Crippen LogP contribution in [0.2, 0.25) is 5.02 Å². The first-order valence-electron chi connectivity index (χ1n) is 5.85. The third kappa shape index (κ3) is 2.60. The van der Waals surface area contributed by atoms with Crippen molar-refractivity contribution in [2.45, 2.75) is 5.38 Å². The molecule has 1 aromatic heterocycles. The number of benzene rings is 2. The van der Waals surface area contributed by atoms with E-state index in [1.54, 1.807) is 0 Å². The number of imidazole rings is 1. The average molecular weight is 419 g/mol. The van der Waals surface area contributed by atoms with Crippen LogP contribution in [0.4, 0.5) is 0 Å². The molecule has 0 bridgehead atoms. The molecule has 2 aromatic carbocycles. The second-order valence-corrected chi connectivity index (χ2v) is 6.45. The first-order chi connectivity index (χ1) is 9.54. The molecule has 0 fully saturated rings. The number of hydrogen-bond acceptors (Lipinski definition) is 1. The van der Waals surface area contributed by atoms with E-state index in [0.29, 0.717) is 5.02 Å². The zero-order valence-corrected chi connectivity index (χ0v) is 13.8. The van der Waals surface area contributed by atoms with Crippen LogP contribution in [0.15, 0.2) is 41.2 Å². The van der Waals surface area contributed by atoms with E-state index in [0.717, 1.165) is 25.7 Å². The van der Waals surface area contributed by atoms with Crippen molar-refractivity contribution in [1.82, 2.24) is 9.97 Å². The van der Waals surface area contributed by atoms with Crippen LogP contribution in [-0.2, 0) is 0 Å². The molecule has 0 aliphatic rings. The highest BCUT2D eigenvalue weighted by molar-refractivity contribution is 14.1. The van der Waals surface area contributed by atoms with E-state index in [1.807, 2.05) is 36.4 Å². The Kier molecular flexibility index (Phi) is 3.79. The zero-order valence-electron chi connectivity index (χ0n) is 10.1. The molecule has 6 heteroatoms. The Balaban J connectivity index is 2.09. The Labute approximate surface area is 138 Å². The zero-order chi connectivity index (χ0) is 14.3. The van der Waals surface area contributed by atoms with Crippen molar-refractivity contribution in [3.05, 3.63) is 66.6 Å². The lowest BCUT2D eigenvalue weighted by Crippen LogP contribution is -1.99. The minimum atomic E-state index is -0.316. The molecule has 1 unspecified atom stereocenters. The summed E-state index contributed by atoms with van der Waals surface area (Å²) in [6.07, 6.45) is 0. The Hall–Kier alpha value is -0.980. The predicted octanol–water partition coefficient (Wildman–Crippen LogP) is 4.44. The topological polar surface area (TPSA) is 48.6 Å². The van der Waals surface area contributed by atoms with Gasteiger partial charge >= 0.3 is 5.69 Å². The lowest BCUT2D eigenvalue weighted by Gasteiger charge is -2.13. The number of rotatable bonds is 2. The van der Waals surface area contributed by atoms with E-state index in [2.05, 4.69) is 32.6 Å². The summed E-state index contributed by atoms with van der Waals surface area (Å²) in [7, 11) is 0. The van der Waals surface area contributed by atoms with E-state index in [1.165, 1.54) is 0 Å². The molecular formula is C14H9Cl2IN2O. The molecule has 3 rings (SSSR count). The average Bonchev–Trinajstić information content (AvgIpc) is 2.79. The fourth-order valence-electron chi connectivity index (χ4n) is 2.10. The first kappa shape index (κ1) is 14.0. The van der Waals surface area contributed by atoms with Gasteiger partial charge in [0.1, 0.15) is 0 Å². The Morgan fingerprint density at radius 3 is 2.60 bits per heavy atom. The van der Waals surface area contributed by atoms with Gasteiger partial charge in [0.05, 0.1) is 16.4 Å². The molecule has 3 nitrogen and oxygen atoms in total. The normalized spacial score (nSPS) is 12.8. The van der Waals surface area contributed by atoms with Gasteiger partial charge in [-0.15, -0.1) is 11.6 Å². The SMILES string of the molecule is O=c1[nH]c2ccc(C(Cl)c3cc(Cl)ccc3I)cc2[nH]1. The number of fused-ring (bicyclic) bond motifs is 1.